The summed E-state index contributed by atoms with van der Waals surface area (Å²) in [5.74, 6) is -0.399. The quantitative estimate of drug-likeness (QED) is 0.767. The van der Waals surface area contributed by atoms with Crippen molar-refractivity contribution < 1.29 is 9.21 Å². The topological polar surface area (TPSA) is 76.3 Å². The Morgan fingerprint density at radius 2 is 1.92 bits per heavy atom. The number of benzene rings is 2. The van der Waals surface area contributed by atoms with Crippen LogP contribution in [0, 0.1) is 13.8 Å². The minimum atomic E-state index is -0.399. The number of aromatic nitrogens is 1. The van der Waals surface area contributed by atoms with Gasteiger partial charge in [-0.1, -0.05) is 12.1 Å². The first kappa shape index (κ1) is 15.9. The minimum Gasteiger partial charge on any atom is -0.408 e. The second kappa shape index (κ2) is 6.23. The van der Waals surface area contributed by atoms with Gasteiger partial charge in [0, 0.05) is 24.0 Å². The highest BCUT2D eigenvalue weighted by Crippen LogP contribution is 2.20. The summed E-state index contributed by atoms with van der Waals surface area (Å²) >= 11 is 0. The van der Waals surface area contributed by atoms with Gasteiger partial charge in [-0.3, -0.25) is 4.57 Å². The molecule has 0 aliphatic carbocycles. The fourth-order valence-corrected chi connectivity index (χ4v) is 2.60. The molecule has 0 saturated heterocycles. The summed E-state index contributed by atoms with van der Waals surface area (Å²) in [6.07, 6.45) is 0. The molecule has 1 heterocycles. The van der Waals surface area contributed by atoms with Gasteiger partial charge in [-0.05, 0) is 50.1 Å². The largest absolute Gasteiger partial charge is 0.419 e. The van der Waals surface area contributed by atoms with Gasteiger partial charge >= 0.3 is 11.8 Å². The number of oxazole rings is 1. The number of urea groups is 1. The Balaban J connectivity index is 1.80. The smallest absolute Gasteiger partial charge is 0.408 e. The first-order valence-electron chi connectivity index (χ1n) is 7.76. The summed E-state index contributed by atoms with van der Waals surface area (Å²) in [6, 6.07) is 10.7. The Morgan fingerprint density at radius 1 is 1.12 bits per heavy atom. The first-order chi connectivity index (χ1) is 11.5. The molecule has 2 amide bonds. The lowest BCUT2D eigenvalue weighted by Gasteiger charge is -2.10. The molecule has 6 heteroatoms. The zero-order valence-electron chi connectivity index (χ0n) is 13.8. The highest BCUT2D eigenvalue weighted by atomic mass is 16.4. The van der Waals surface area contributed by atoms with Gasteiger partial charge < -0.3 is 15.1 Å². The summed E-state index contributed by atoms with van der Waals surface area (Å²) in [5.41, 5.74) is 4.53. The normalized spacial score (nSPS) is 10.8. The number of carbonyl (C=O) groups is 1. The Labute approximate surface area is 139 Å². The summed E-state index contributed by atoms with van der Waals surface area (Å²) in [7, 11) is 0. The van der Waals surface area contributed by atoms with Crippen molar-refractivity contribution in [3.05, 3.63) is 58.1 Å². The van der Waals surface area contributed by atoms with E-state index in [4.69, 9.17) is 4.42 Å². The number of anilines is 2. The molecule has 1 aromatic heterocycles. The number of nitrogens with one attached hydrogen (secondary N) is 2. The first-order valence-corrected chi connectivity index (χ1v) is 7.76. The number of amides is 2. The van der Waals surface area contributed by atoms with E-state index in [2.05, 4.69) is 10.6 Å². The molecule has 24 heavy (non-hydrogen) atoms. The summed E-state index contributed by atoms with van der Waals surface area (Å²) < 4.78 is 6.74. The SMILES string of the molecule is CCn1c(=O)oc2cc(NC(=O)Nc3cc(C)ccc3C)ccc21. The van der Waals surface area contributed by atoms with Gasteiger partial charge in [-0.25, -0.2) is 9.59 Å². The van der Waals surface area contributed by atoms with Gasteiger partial charge in [0.2, 0.25) is 0 Å². The molecule has 0 spiro atoms. The van der Waals surface area contributed by atoms with Crippen molar-refractivity contribution in [2.75, 3.05) is 10.6 Å². The molecule has 0 unspecified atom stereocenters. The van der Waals surface area contributed by atoms with Crippen molar-refractivity contribution in [2.24, 2.45) is 0 Å². The maximum atomic E-state index is 12.2. The van der Waals surface area contributed by atoms with E-state index in [-0.39, 0.29) is 6.03 Å². The highest BCUT2D eigenvalue weighted by molar-refractivity contribution is 6.01. The van der Waals surface area contributed by atoms with Gasteiger partial charge in [0.05, 0.1) is 5.52 Å². The van der Waals surface area contributed by atoms with Gasteiger partial charge in [0.25, 0.3) is 0 Å². The molecule has 3 aromatic rings. The third kappa shape index (κ3) is 3.03. The van der Waals surface area contributed by atoms with Crippen LogP contribution in [0.3, 0.4) is 0 Å². The van der Waals surface area contributed by atoms with Crippen molar-refractivity contribution in [1.82, 2.24) is 4.57 Å². The molecule has 3 rings (SSSR count). The van der Waals surface area contributed by atoms with Gasteiger partial charge in [-0.15, -0.1) is 0 Å². The third-order valence-electron chi connectivity index (χ3n) is 3.88. The number of hydrogen-bond acceptors (Lipinski definition) is 3. The molecular formula is C18H19N3O3. The molecule has 0 saturated carbocycles. The van der Waals surface area contributed by atoms with E-state index in [1.54, 1.807) is 18.2 Å². The van der Waals surface area contributed by atoms with Gasteiger partial charge in [0.15, 0.2) is 5.58 Å². The lowest BCUT2D eigenvalue weighted by molar-refractivity contribution is 0.262. The summed E-state index contributed by atoms with van der Waals surface area (Å²) in [6.45, 7) is 6.31. The Bertz CT molecular complexity index is 969. The van der Waals surface area contributed by atoms with E-state index in [9.17, 15) is 9.59 Å². The molecule has 0 fully saturated rings. The molecule has 124 valence electrons. The van der Waals surface area contributed by atoms with Crippen LogP contribution in [0.5, 0.6) is 0 Å². The fraction of sp³-hybridized carbons (Fsp3) is 0.222. The highest BCUT2D eigenvalue weighted by Gasteiger charge is 2.10. The van der Waals surface area contributed by atoms with E-state index in [0.717, 1.165) is 16.8 Å². The average Bonchev–Trinajstić information content (AvgIpc) is 2.85. The predicted molar refractivity (Wildman–Crippen MR) is 94.7 cm³/mol. The van der Waals surface area contributed by atoms with E-state index in [0.29, 0.717) is 23.3 Å². The van der Waals surface area contributed by atoms with Crippen LogP contribution in [0.4, 0.5) is 16.2 Å². The number of hydrogen-bond donors (Lipinski definition) is 2. The van der Waals surface area contributed by atoms with Crippen molar-refractivity contribution in [2.45, 2.75) is 27.3 Å². The Kier molecular flexibility index (Phi) is 4.12. The minimum absolute atomic E-state index is 0.347. The molecule has 2 N–H and O–H groups in total. The van der Waals surface area contributed by atoms with Crippen LogP contribution in [0.25, 0.3) is 11.1 Å². The van der Waals surface area contributed by atoms with Crippen LogP contribution in [-0.4, -0.2) is 10.6 Å². The predicted octanol–water partition coefficient (Wildman–Crippen LogP) is 3.88. The Morgan fingerprint density at radius 3 is 2.67 bits per heavy atom. The summed E-state index contributed by atoms with van der Waals surface area (Å²) in [5, 5.41) is 5.58. The average molecular weight is 325 g/mol. The van der Waals surface area contributed by atoms with Crippen LogP contribution in [0.2, 0.25) is 0 Å². The molecule has 2 aromatic carbocycles. The van der Waals surface area contributed by atoms with Crippen LogP contribution < -0.4 is 16.4 Å². The van der Waals surface area contributed by atoms with Crippen molar-refractivity contribution in [1.29, 1.82) is 0 Å². The number of rotatable bonds is 3. The van der Waals surface area contributed by atoms with Crippen molar-refractivity contribution in [3.63, 3.8) is 0 Å². The molecule has 0 atom stereocenters. The maximum absolute atomic E-state index is 12.2. The van der Waals surface area contributed by atoms with Crippen molar-refractivity contribution >= 4 is 28.5 Å². The lowest BCUT2D eigenvalue weighted by Crippen LogP contribution is -2.20. The third-order valence-corrected chi connectivity index (χ3v) is 3.88. The van der Waals surface area contributed by atoms with Crippen LogP contribution in [-0.2, 0) is 6.54 Å². The standard InChI is InChI=1S/C18H19N3O3/c1-4-21-15-8-7-13(10-16(15)24-18(21)23)19-17(22)20-14-9-11(2)5-6-12(14)3/h5-10H,4H2,1-3H3,(H2,19,20,22). The van der Waals surface area contributed by atoms with E-state index in [1.165, 1.54) is 4.57 Å². The number of nitrogens with zero attached hydrogens (tertiary/aromatic N) is 1. The van der Waals surface area contributed by atoms with Crippen LogP contribution in [0.15, 0.2) is 45.6 Å². The van der Waals surface area contributed by atoms with Gasteiger partial charge in [0.1, 0.15) is 0 Å². The van der Waals surface area contributed by atoms with E-state index in [1.807, 2.05) is 39.0 Å². The summed E-state index contributed by atoms with van der Waals surface area (Å²) in [4.78, 5) is 23.9. The molecule has 6 nitrogen and oxygen atoms in total. The monoisotopic (exact) mass is 325 g/mol. The fourth-order valence-electron chi connectivity index (χ4n) is 2.60. The molecular weight excluding hydrogens is 306 g/mol. The van der Waals surface area contributed by atoms with E-state index < -0.39 is 5.76 Å². The van der Waals surface area contributed by atoms with E-state index >= 15 is 0 Å². The van der Waals surface area contributed by atoms with Crippen LogP contribution in [0.1, 0.15) is 18.1 Å². The second-order valence-electron chi connectivity index (χ2n) is 5.69. The van der Waals surface area contributed by atoms with Crippen LogP contribution >= 0.6 is 0 Å². The molecule has 0 bridgehead atoms. The second-order valence-corrected chi connectivity index (χ2v) is 5.69. The number of carbonyl (C=O) groups excluding carboxylic acids is 1. The zero-order valence-corrected chi connectivity index (χ0v) is 13.8. The van der Waals surface area contributed by atoms with Crippen molar-refractivity contribution in [3.8, 4) is 0 Å². The zero-order chi connectivity index (χ0) is 17.3. The Hall–Kier alpha value is -3.02. The molecule has 0 aliphatic rings. The molecule has 0 radical (unpaired) electrons. The number of fused-ring (bicyclic) bond motifs is 1. The maximum Gasteiger partial charge on any atom is 0.419 e. The lowest BCUT2D eigenvalue weighted by atomic mass is 10.1. The molecule has 0 aliphatic heterocycles. The number of aryl methyl sites for hydroxylation is 3. The van der Waals surface area contributed by atoms with Gasteiger partial charge in [-0.2, -0.15) is 0 Å².